The average molecular weight is 759 g/mol. The molecule has 9 N–H and O–H groups in total. The molecule has 5 atom stereocenters. The zero-order valence-corrected chi connectivity index (χ0v) is 31.2. The minimum atomic E-state index is -4.79. The number of nitrogens with zero attached hydrogens (tertiary/aromatic N) is 1. The molecule has 17 nitrogen and oxygen atoms in total. The van der Waals surface area contributed by atoms with Crippen molar-refractivity contribution in [3.63, 3.8) is 0 Å². The molecular weight excluding hydrogens is 707 g/mol. The van der Waals surface area contributed by atoms with Gasteiger partial charge in [0.2, 0.25) is 29.5 Å². The van der Waals surface area contributed by atoms with Gasteiger partial charge in [-0.1, -0.05) is 39.8 Å². The summed E-state index contributed by atoms with van der Waals surface area (Å²) in [5.74, 6) is -4.34. The maximum Gasteiger partial charge on any atom is 0.524 e. The number of thioether (sulfide) groups is 1. The maximum atomic E-state index is 14.0. The molecule has 0 radical (unpaired) electrons. The van der Waals surface area contributed by atoms with Gasteiger partial charge in [-0.15, -0.1) is 0 Å². The number of carboxylic acids is 1. The van der Waals surface area contributed by atoms with Gasteiger partial charge in [0.05, 0.1) is 6.54 Å². The Labute approximate surface area is 301 Å². The number of nitrogens with two attached hydrogens (primary N) is 1. The summed E-state index contributed by atoms with van der Waals surface area (Å²) in [6.07, 6.45) is 2.98. The molecule has 1 saturated heterocycles. The van der Waals surface area contributed by atoms with Gasteiger partial charge in [0, 0.05) is 13.0 Å². The number of benzene rings is 1. The van der Waals surface area contributed by atoms with Crippen LogP contribution in [0.5, 0.6) is 5.75 Å². The molecule has 286 valence electrons. The summed E-state index contributed by atoms with van der Waals surface area (Å²) >= 11 is 1.45. The Morgan fingerprint density at radius 2 is 1.59 bits per heavy atom. The fourth-order valence-electron chi connectivity index (χ4n) is 5.51. The fourth-order valence-corrected chi connectivity index (χ4v) is 6.38. The maximum absolute atomic E-state index is 14.0. The first-order valence-corrected chi connectivity index (χ1v) is 19.6. The largest absolute Gasteiger partial charge is 0.524 e. The Kier molecular flexibility index (Phi) is 17.4. The summed E-state index contributed by atoms with van der Waals surface area (Å²) in [5, 5.41) is 20.1. The first-order valence-electron chi connectivity index (χ1n) is 16.6. The molecule has 5 amide bonds. The molecule has 1 heterocycles. The zero-order chi connectivity index (χ0) is 38.5. The lowest BCUT2D eigenvalue weighted by Crippen LogP contribution is -2.60. The van der Waals surface area contributed by atoms with E-state index in [1.165, 1.54) is 40.9 Å². The third kappa shape index (κ3) is 14.4. The molecule has 0 aromatic heterocycles. The van der Waals surface area contributed by atoms with Crippen molar-refractivity contribution >= 4 is 55.1 Å². The van der Waals surface area contributed by atoms with E-state index < -0.39 is 86.0 Å². The van der Waals surface area contributed by atoms with E-state index in [9.17, 15) is 38.4 Å². The van der Waals surface area contributed by atoms with Crippen LogP contribution in [0.2, 0.25) is 0 Å². The summed E-state index contributed by atoms with van der Waals surface area (Å²) in [7, 11) is -4.79. The molecule has 2 rings (SSSR count). The number of nitrogens with one attached hydrogen (secondary N) is 4. The van der Waals surface area contributed by atoms with Crippen molar-refractivity contribution in [1.29, 1.82) is 0 Å². The van der Waals surface area contributed by atoms with Crippen LogP contribution in [0.4, 0.5) is 0 Å². The number of carbonyl (C=O) groups excluding carboxylic acids is 5. The third-order valence-corrected chi connectivity index (χ3v) is 9.15. The molecule has 0 spiro atoms. The van der Waals surface area contributed by atoms with E-state index in [4.69, 9.17) is 15.5 Å². The highest BCUT2D eigenvalue weighted by Crippen LogP contribution is 2.37. The van der Waals surface area contributed by atoms with Gasteiger partial charge in [-0.05, 0) is 67.2 Å². The second-order valence-electron chi connectivity index (χ2n) is 13.0. The van der Waals surface area contributed by atoms with Crippen LogP contribution in [0.15, 0.2) is 24.3 Å². The number of likely N-dealkylation sites (tertiary alicyclic amines) is 1. The molecule has 1 aromatic carbocycles. The predicted molar refractivity (Wildman–Crippen MR) is 189 cm³/mol. The van der Waals surface area contributed by atoms with Gasteiger partial charge in [-0.2, -0.15) is 11.8 Å². The Morgan fingerprint density at radius 1 is 0.961 bits per heavy atom. The van der Waals surface area contributed by atoms with E-state index in [1.807, 2.05) is 20.1 Å². The Bertz CT molecular complexity index is 1420. The van der Waals surface area contributed by atoms with Crippen LogP contribution in [0.1, 0.15) is 58.9 Å². The number of carbonyl (C=O) groups is 6. The van der Waals surface area contributed by atoms with E-state index in [2.05, 4.69) is 25.8 Å². The summed E-state index contributed by atoms with van der Waals surface area (Å²) < 4.78 is 15.7. The molecule has 0 unspecified atom stereocenters. The number of amides is 5. The highest BCUT2D eigenvalue weighted by molar-refractivity contribution is 7.98. The van der Waals surface area contributed by atoms with Crippen molar-refractivity contribution in [2.45, 2.75) is 90.0 Å². The third-order valence-electron chi connectivity index (χ3n) is 8.06. The lowest BCUT2D eigenvalue weighted by molar-refractivity contribution is -0.144. The van der Waals surface area contributed by atoms with Gasteiger partial charge in [0.25, 0.3) is 0 Å². The first-order chi connectivity index (χ1) is 23.9. The van der Waals surface area contributed by atoms with E-state index >= 15 is 0 Å². The van der Waals surface area contributed by atoms with E-state index in [-0.39, 0.29) is 37.5 Å². The van der Waals surface area contributed by atoms with Gasteiger partial charge in [-0.25, -0.2) is 9.36 Å². The summed E-state index contributed by atoms with van der Waals surface area (Å²) in [5.41, 5.74) is 5.96. The van der Waals surface area contributed by atoms with Crippen LogP contribution in [0, 0.1) is 11.8 Å². The Balaban J connectivity index is 2.23. The van der Waals surface area contributed by atoms with Crippen molar-refractivity contribution in [1.82, 2.24) is 26.2 Å². The minimum Gasteiger partial charge on any atom is -0.480 e. The van der Waals surface area contributed by atoms with Crippen molar-refractivity contribution < 1.29 is 52.7 Å². The first kappa shape index (κ1) is 43.5. The number of rotatable bonds is 20. The van der Waals surface area contributed by atoms with Crippen LogP contribution in [-0.4, -0.2) is 111 Å². The molecule has 0 aliphatic carbocycles. The Morgan fingerprint density at radius 3 is 2.12 bits per heavy atom. The summed E-state index contributed by atoms with van der Waals surface area (Å²) in [6.45, 7) is 6.88. The highest BCUT2D eigenvalue weighted by atomic mass is 32.2. The molecule has 1 fully saturated rings. The number of phosphoric acid groups is 1. The monoisotopic (exact) mass is 758 g/mol. The van der Waals surface area contributed by atoms with Crippen LogP contribution >= 0.6 is 19.6 Å². The number of carboxylic acid groups (broad SMARTS) is 1. The van der Waals surface area contributed by atoms with Crippen LogP contribution in [0.3, 0.4) is 0 Å². The van der Waals surface area contributed by atoms with Crippen molar-refractivity contribution in [3.8, 4) is 5.75 Å². The standard InChI is InChI=1S/C32H51N6O11PS/c1-18(2)15-24(32(44)45)36-28(40)22(12-14-51-5)35-30(42)25-7-6-13-38(25)31(43)27(19(3)4)37-29(41)23(34-26(39)17-33)16-20-8-10-21(11-9-20)49-50(46,47)48/h8-11,18-19,22-25,27H,6-7,12-17,33H2,1-5H3,(H,34,39)(H,35,42)(H,36,40)(H,37,41)(H,44,45)(H2,46,47,48)/t22-,23-,24-,25-,27-/m0/s1. The lowest BCUT2D eigenvalue weighted by Gasteiger charge is -2.32. The van der Waals surface area contributed by atoms with Gasteiger partial charge in [-0.3, -0.25) is 33.8 Å². The van der Waals surface area contributed by atoms with E-state index in [0.717, 1.165) is 0 Å². The predicted octanol–water partition coefficient (Wildman–Crippen LogP) is 0.129. The molecule has 51 heavy (non-hydrogen) atoms. The number of phosphoric ester groups is 1. The highest BCUT2D eigenvalue weighted by Gasteiger charge is 2.40. The van der Waals surface area contributed by atoms with Crippen molar-refractivity contribution in [3.05, 3.63) is 29.8 Å². The zero-order valence-electron chi connectivity index (χ0n) is 29.5. The second-order valence-corrected chi connectivity index (χ2v) is 15.2. The number of hydrogen-bond donors (Lipinski definition) is 8. The number of aliphatic carboxylic acids is 1. The number of hydrogen-bond acceptors (Lipinski definition) is 10. The molecule has 0 bridgehead atoms. The van der Waals surface area contributed by atoms with E-state index in [0.29, 0.717) is 24.2 Å². The van der Waals surface area contributed by atoms with Crippen molar-refractivity contribution in [2.75, 3.05) is 25.1 Å². The van der Waals surface area contributed by atoms with Crippen LogP contribution in [0.25, 0.3) is 0 Å². The summed E-state index contributed by atoms with van der Waals surface area (Å²) in [4.78, 5) is 97.8. The second kappa shape index (κ2) is 20.4. The molecule has 19 heteroatoms. The lowest BCUT2D eigenvalue weighted by atomic mass is 10.00. The molecular formula is C32H51N6O11PS. The Hall–Kier alpha value is -3.70. The van der Waals surface area contributed by atoms with Gasteiger partial charge in [0.1, 0.15) is 36.0 Å². The van der Waals surface area contributed by atoms with Crippen LogP contribution in [-0.2, 0) is 39.8 Å². The van der Waals surface area contributed by atoms with E-state index in [1.54, 1.807) is 13.8 Å². The molecule has 0 saturated carbocycles. The smallest absolute Gasteiger partial charge is 0.480 e. The van der Waals surface area contributed by atoms with Crippen LogP contribution < -0.4 is 31.5 Å². The molecule has 1 aromatic rings. The van der Waals surface area contributed by atoms with Gasteiger partial charge < -0.3 is 41.5 Å². The van der Waals surface area contributed by atoms with Gasteiger partial charge in [0.15, 0.2) is 0 Å². The SMILES string of the molecule is CSCC[C@H](NC(=O)[C@@H]1CCCN1C(=O)[C@@H](NC(=O)[C@H](Cc1ccc(OP(=O)(O)O)cc1)NC(=O)CN)C(C)C)C(=O)N[C@@H](CC(C)C)C(=O)O. The molecule has 1 aliphatic rings. The summed E-state index contributed by atoms with van der Waals surface area (Å²) in [6, 6.07) is 0.0682. The van der Waals surface area contributed by atoms with Gasteiger partial charge >= 0.3 is 13.8 Å². The quantitative estimate of drug-likeness (QED) is 0.0823. The topological polar surface area (TPSA) is 267 Å². The normalized spacial score (nSPS) is 16.9. The molecule has 1 aliphatic heterocycles. The van der Waals surface area contributed by atoms with Crippen molar-refractivity contribution in [2.24, 2.45) is 17.6 Å². The fraction of sp³-hybridized carbons (Fsp3) is 0.625. The minimum absolute atomic E-state index is 0.00483. The average Bonchev–Trinajstić information content (AvgIpc) is 3.54.